The maximum Gasteiger partial charge on any atom is 0.409 e. The van der Waals surface area contributed by atoms with Gasteiger partial charge >= 0.3 is 11.8 Å². The van der Waals surface area contributed by atoms with Crippen molar-refractivity contribution in [3.05, 3.63) is 16.4 Å². The van der Waals surface area contributed by atoms with Crippen LogP contribution in [0.1, 0.15) is 6.92 Å². The maximum atomic E-state index is 11.8. The molecule has 12 heteroatoms. The molecular formula is C17H27N7O5. The molecule has 0 atom stereocenters. The van der Waals surface area contributed by atoms with E-state index in [1.807, 2.05) is 4.90 Å². The zero-order valence-electron chi connectivity index (χ0n) is 16.6. The summed E-state index contributed by atoms with van der Waals surface area (Å²) in [6, 6.07) is 0. The minimum absolute atomic E-state index is 0.140. The zero-order chi connectivity index (χ0) is 20.6. The summed E-state index contributed by atoms with van der Waals surface area (Å²) in [5.74, 6) is 0.475. The molecule has 2 fully saturated rings. The maximum absolute atomic E-state index is 11.8. The summed E-state index contributed by atoms with van der Waals surface area (Å²) >= 11 is 0. The predicted molar refractivity (Wildman–Crippen MR) is 105 cm³/mol. The molecule has 1 aromatic heterocycles. The SMILES string of the molecule is CCOC(=O)N1CCN(c2ncnc(NCCN3CCOCC3)c2[N+](=O)[O-])CC1. The van der Waals surface area contributed by atoms with Crippen LogP contribution in [0.3, 0.4) is 0 Å². The predicted octanol–water partition coefficient (Wildman–Crippen LogP) is 0.407. The number of piperazine rings is 1. The Hall–Kier alpha value is -2.73. The van der Waals surface area contributed by atoms with E-state index in [4.69, 9.17) is 9.47 Å². The number of ether oxygens (including phenoxy) is 2. The highest BCUT2D eigenvalue weighted by atomic mass is 16.6. The number of aromatic nitrogens is 2. The fraction of sp³-hybridized carbons (Fsp3) is 0.706. The lowest BCUT2D eigenvalue weighted by atomic mass is 10.3. The summed E-state index contributed by atoms with van der Waals surface area (Å²) in [5.41, 5.74) is -0.140. The molecule has 2 aliphatic heterocycles. The lowest BCUT2D eigenvalue weighted by Gasteiger charge is -2.34. The number of anilines is 2. The van der Waals surface area contributed by atoms with E-state index in [0.29, 0.717) is 52.5 Å². The van der Waals surface area contributed by atoms with Crippen molar-refractivity contribution < 1.29 is 19.2 Å². The molecule has 0 saturated carbocycles. The Morgan fingerprint density at radius 1 is 1.24 bits per heavy atom. The number of morpholine rings is 1. The second kappa shape index (κ2) is 10.2. The first-order valence-corrected chi connectivity index (χ1v) is 9.80. The molecule has 1 N–H and O–H groups in total. The van der Waals surface area contributed by atoms with E-state index in [0.717, 1.165) is 19.6 Å². The van der Waals surface area contributed by atoms with Gasteiger partial charge in [0.25, 0.3) is 0 Å². The number of carbonyl (C=O) groups excluding carboxylic acids is 1. The van der Waals surface area contributed by atoms with Crippen molar-refractivity contribution in [2.24, 2.45) is 0 Å². The molecule has 12 nitrogen and oxygen atoms in total. The van der Waals surface area contributed by atoms with Crippen molar-refractivity contribution >= 4 is 23.4 Å². The monoisotopic (exact) mass is 409 g/mol. The molecule has 2 saturated heterocycles. The standard InChI is InChI=1S/C17H27N7O5/c1-2-29-17(25)23-7-5-22(6-8-23)16-14(24(26)27)15(19-13-20-16)18-3-4-21-9-11-28-12-10-21/h13H,2-12H2,1H3,(H,18,19,20). The number of rotatable bonds is 7. The molecule has 0 aromatic carbocycles. The summed E-state index contributed by atoms with van der Waals surface area (Å²) in [4.78, 5) is 37.0. The largest absolute Gasteiger partial charge is 0.450 e. The first kappa shape index (κ1) is 21.0. The Kier molecular flexibility index (Phi) is 7.36. The van der Waals surface area contributed by atoms with Crippen molar-refractivity contribution in [1.29, 1.82) is 0 Å². The van der Waals surface area contributed by atoms with Crippen molar-refractivity contribution in [3.63, 3.8) is 0 Å². The average molecular weight is 409 g/mol. The average Bonchev–Trinajstić information content (AvgIpc) is 2.74. The highest BCUT2D eigenvalue weighted by Gasteiger charge is 2.30. The van der Waals surface area contributed by atoms with E-state index in [1.54, 1.807) is 11.8 Å². The van der Waals surface area contributed by atoms with Gasteiger partial charge in [-0.3, -0.25) is 15.0 Å². The van der Waals surface area contributed by atoms with Crippen LogP contribution in [0.15, 0.2) is 6.33 Å². The van der Waals surface area contributed by atoms with Gasteiger partial charge in [-0.1, -0.05) is 0 Å². The topological polar surface area (TPSA) is 126 Å². The quantitative estimate of drug-likeness (QED) is 0.500. The molecule has 1 aromatic rings. The Morgan fingerprint density at radius 3 is 2.62 bits per heavy atom. The molecule has 29 heavy (non-hydrogen) atoms. The van der Waals surface area contributed by atoms with Crippen LogP contribution in [-0.4, -0.2) is 103 Å². The van der Waals surface area contributed by atoms with Crippen LogP contribution < -0.4 is 10.2 Å². The van der Waals surface area contributed by atoms with Crippen LogP contribution in [-0.2, 0) is 9.47 Å². The lowest BCUT2D eigenvalue weighted by molar-refractivity contribution is -0.383. The minimum atomic E-state index is -0.454. The Morgan fingerprint density at radius 2 is 1.97 bits per heavy atom. The highest BCUT2D eigenvalue weighted by molar-refractivity contribution is 5.71. The van der Waals surface area contributed by atoms with E-state index in [2.05, 4.69) is 20.2 Å². The molecule has 1 amide bonds. The van der Waals surface area contributed by atoms with Crippen molar-refractivity contribution in [2.75, 3.05) is 82.4 Å². The van der Waals surface area contributed by atoms with Gasteiger partial charge in [0.05, 0.1) is 24.7 Å². The van der Waals surface area contributed by atoms with Crippen molar-refractivity contribution in [2.45, 2.75) is 6.92 Å². The van der Waals surface area contributed by atoms with Gasteiger partial charge in [0, 0.05) is 52.4 Å². The molecule has 160 valence electrons. The third-order valence-corrected chi connectivity index (χ3v) is 4.91. The summed E-state index contributed by atoms with van der Waals surface area (Å²) in [6.07, 6.45) is 0.965. The third-order valence-electron chi connectivity index (χ3n) is 4.91. The zero-order valence-corrected chi connectivity index (χ0v) is 16.6. The van der Waals surface area contributed by atoms with Crippen molar-refractivity contribution in [1.82, 2.24) is 19.8 Å². The van der Waals surface area contributed by atoms with Gasteiger partial charge in [-0.05, 0) is 6.92 Å². The minimum Gasteiger partial charge on any atom is -0.450 e. The van der Waals surface area contributed by atoms with Crippen LogP contribution in [0.5, 0.6) is 0 Å². The van der Waals surface area contributed by atoms with Gasteiger partial charge in [0.15, 0.2) is 0 Å². The smallest absolute Gasteiger partial charge is 0.409 e. The van der Waals surface area contributed by atoms with E-state index >= 15 is 0 Å². The van der Waals surface area contributed by atoms with Gasteiger partial charge in [-0.25, -0.2) is 14.8 Å². The fourth-order valence-corrected chi connectivity index (χ4v) is 3.37. The van der Waals surface area contributed by atoms with Gasteiger partial charge < -0.3 is 24.6 Å². The first-order chi connectivity index (χ1) is 14.1. The molecule has 0 unspecified atom stereocenters. The number of nitrogens with zero attached hydrogens (tertiary/aromatic N) is 6. The second-order valence-electron chi connectivity index (χ2n) is 6.71. The van der Waals surface area contributed by atoms with Crippen LogP contribution >= 0.6 is 0 Å². The van der Waals surface area contributed by atoms with Crippen molar-refractivity contribution in [3.8, 4) is 0 Å². The normalized spacial score (nSPS) is 17.8. The summed E-state index contributed by atoms with van der Waals surface area (Å²) < 4.78 is 10.3. The molecule has 3 rings (SSSR count). The van der Waals surface area contributed by atoms with Crippen LogP contribution in [0.4, 0.5) is 22.1 Å². The van der Waals surface area contributed by atoms with E-state index in [-0.39, 0.29) is 23.4 Å². The van der Waals surface area contributed by atoms with Gasteiger partial charge in [0.1, 0.15) is 6.33 Å². The molecule has 0 aliphatic carbocycles. The first-order valence-electron chi connectivity index (χ1n) is 9.80. The summed E-state index contributed by atoms with van der Waals surface area (Å²) in [5, 5.41) is 14.8. The van der Waals surface area contributed by atoms with E-state index < -0.39 is 4.92 Å². The van der Waals surface area contributed by atoms with E-state index in [9.17, 15) is 14.9 Å². The Labute approximate surface area is 168 Å². The number of hydrogen-bond donors (Lipinski definition) is 1. The molecular weight excluding hydrogens is 382 g/mol. The molecule has 0 spiro atoms. The van der Waals surface area contributed by atoms with Crippen LogP contribution in [0.25, 0.3) is 0 Å². The van der Waals surface area contributed by atoms with Gasteiger partial charge in [0.2, 0.25) is 11.6 Å². The second-order valence-corrected chi connectivity index (χ2v) is 6.71. The third kappa shape index (κ3) is 5.41. The summed E-state index contributed by atoms with van der Waals surface area (Å²) in [7, 11) is 0. The number of amides is 1. The number of carbonyl (C=O) groups is 1. The summed E-state index contributed by atoms with van der Waals surface area (Å²) in [6.45, 7) is 8.17. The van der Waals surface area contributed by atoms with Crippen LogP contribution in [0, 0.1) is 10.1 Å². The molecule has 2 aliphatic rings. The lowest BCUT2D eigenvalue weighted by Crippen LogP contribution is -2.49. The number of nitrogens with one attached hydrogen (secondary N) is 1. The van der Waals surface area contributed by atoms with E-state index in [1.165, 1.54) is 6.33 Å². The number of hydrogen-bond acceptors (Lipinski definition) is 10. The Balaban J connectivity index is 1.64. The molecule has 0 radical (unpaired) electrons. The molecule has 0 bridgehead atoms. The Bertz CT molecular complexity index is 705. The number of nitro groups is 1. The molecule has 3 heterocycles. The highest BCUT2D eigenvalue weighted by Crippen LogP contribution is 2.32. The van der Waals surface area contributed by atoms with Gasteiger partial charge in [-0.2, -0.15) is 0 Å². The fourth-order valence-electron chi connectivity index (χ4n) is 3.37. The van der Waals surface area contributed by atoms with Crippen LogP contribution in [0.2, 0.25) is 0 Å². The van der Waals surface area contributed by atoms with Gasteiger partial charge in [-0.15, -0.1) is 0 Å².